The molecule has 0 aliphatic rings. The SMILES string of the molecule is COc1ccc(NC(=O)/C(=C/c2ccccc2Cl)NC(=O)c2ccc(C)cc2)cc1. The van der Waals surface area contributed by atoms with Crippen molar-refractivity contribution in [3.05, 3.63) is 100 Å². The molecule has 0 aromatic heterocycles. The molecule has 2 N–H and O–H groups in total. The van der Waals surface area contributed by atoms with Gasteiger partial charge in [0.1, 0.15) is 11.4 Å². The Morgan fingerprint density at radius 3 is 2.23 bits per heavy atom. The van der Waals surface area contributed by atoms with Crippen molar-refractivity contribution >= 4 is 35.2 Å². The third kappa shape index (κ3) is 5.49. The molecule has 3 aromatic carbocycles. The number of methoxy groups -OCH3 is 1. The maximum Gasteiger partial charge on any atom is 0.272 e. The van der Waals surface area contributed by atoms with Crippen LogP contribution in [0.3, 0.4) is 0 Å². The Morgan fingerprint density at radius 2 is 1.60 bits per heavy atom. The van der Waals surface area contributed by atoms with Crippen LogP contribution in [0.5, 0.6) is 5.75 Å². The zero-order chi connectivity index (χ0) is 21.5. The summed E-state index contributed by atoms with van der Waals surface area (Å²) in [5.74, 6) is -0.189. The van der Waals surface area contributed by atoms with E-state index in [4.69, 9.17) is 16.3 Å². The Bertz CT molecular complexity index is 1070. The Morgan fingerprint density at radius 1 is 0.933 bits per heavy atom. The van der Waals surface area contributed by atoms with E-state index < -0.39 is 11.8 Å². The maximum atomic E-state index is 12.9. The summed E-state index contributed by atoms with van der Waals surface area (Å²) >= 11 is 6.23. The summed E-state index contributed by atoms with van der Waals surface area (Å²) in [5.41, 5.74) is 2.74. The number of carbonyl (C=O) groups is 2. The van der Waals surface area contributed by atoms with Crippen LogP contribution < -0.4 is 15.4 Å². The second-order valence-electron chi connectivity index (χ2n) is 6.58. The lowest BCUT2D eigenvalue weighted by molar-refractivity contribution is -0.113. The third-order valence-corrected chi connectivity index (χ3v) is 4.70. The molecule has 3 rings (SSSR count). The van der Waals surface area contributed by atoms with Crippen LogP contribution in [0.2, 0.25) is 5.02 Å². The number of carbonyl (C=O) groups excluding carboxylic acids is 2. The quantitative estimate of drug-likeness (QED) is 0.547. The number of amides is 2. The van der Waals surface area contributed by atoms with E-state index in [0.717, 1.165) is 5.56 Å². The highest BCUT2D eigenvalue weighted by atomic mass is 35.5. The summed E-state index contributed by atoms with van der Waals surface area (Å²) in [6.07, 6.45) is 1.55. The van der Waals surface area contributed by atoms with E-state index in [-0.39, 0.29) is 5.70 Å². The van der Waals surface area contributed by atoms with E-state index >= 15 is 0 Å². The van der Waals surface area contributed by atoms with Gasteiger partial charge in [0.2, 0.25) is 0 Å². The molecule has 0 unspecified atom stereocenters. The fraction of sp³-hybridized carbons (Fsp3) is 0.0833. The van der Waals surface area contributed by atoms with Crippen LogP contribution in [-0.4, -0.2) is 18.9 Å². The van der Waals surface area contributed by atoms with E-state index in [0.29, 0.717) is 27.6 Å². The topological polar surface area (TPSA) is 67.4 Å². The van der Waals surface area contributed by atoms with Crippen LogP contribution in [0, 0.1) is 6.92 Å². The van der Waals surface area contributed by atoms with Crippen LogP contribution in [0.4, 0.5) is 5.69 Å². The molecule has 152 valence electrons. The largest absolute Gasteiger partial charge is 0.497 e. The molecule has 0 saturated heterocycles. The van der Waals surface area contributed by atoms with Crippen molar-refractivity contribution < 1.29 is 14.3 Å². The lowest BCUT2D eigenvalue weighted by Crippen LogP contribution is -2.30. The Balaban J connectivity index is 1.88. The first kappa shape index (κ1) is 21.1. The fourth-order valence-corrected chi connectivity index (χ4v) is 2.87. The van der Waals surface area contributed by atoms with E-state index in [1.807, 2.05) is 19.1 Å². The van der Waals surface area contributed by atoms with Crippen molar-refractivity contribution in [1.29, 1.82) is 0 Å². The number of hydrogen-bond acceptors (Lipinski definition) is 3. The molecular weight excluding hydrogens is 400 g/mol. The summed E-state index contributed by atoms with van der Waals surface area (Å²) in [6, 6.07) is 21.1. The zero-order valence-corrected chi connectivity index (χ0v) is 17.4. The van der Waals surface area contributed by atoms with E-state index in [2.05, 4.69) is 10.6 Å². The lowest BCUT2D eigenvalue weighted by Gasteiger charge is -2.12. The fourth-order valence-electron chi connectivity index (χ4n) is 2.68. The summed E-state index contributed by atoms with van der Waals surface area (Å²) < 4.78 is 5.13. The summed E-state index contributed by atoms with van der Waals surface area (Å²) in [6.45, 7) is 1.94. The highest BCUT2D eigenvalue weighted by Crippen LogP contribution is 2.20. The van der Waals surface area contributed by atoms with Crippen molar-refractivity contribution in [2.75, 3.05) is 12.4 Å². The summed E-state index contributed by atoms with van der Waals surface area (Å²) in [5, 5.41) is 5.95. The second kappa shape index (κ2) is 9.76. The van der Waals surface area contributed by atoms with E-state index in [9.17, 15) is 9.59 Å². The number of halogens is 1. The minimum Gasteiger partial charge on any atom is -0.497 e. The van der Waals surface area contributed by atoms with Crippen LogP contribution in [0.25, 0.3) is 6.08 Å². The van der Waals surface area contributed by atoms with E-state index in [1.54, 1.807) is 73.8 Å². The van der Waals surface area contributed by atoms with Gasteiger partial charge in [-0.1, -0.05) is 47.5 Å². The molecule has 0 radical (unpaired) electrons. The van der Waals surface area contributed by atoms with Gasteiger partial charge in [0.05, 0.1) is 7.11 Å². The highest BCUT2D eigenvalue weighted by Gasteiger charge is 2.16. The monoisotopic (exact) mass is 420 g/mol. The molecule has 0 spiro atoms. The van der Waals surface area contributed by atoms with Gasteiger partial charge < -0.3 is 15.4 Å². The molecule has 0 atom stereocenters. The van der Waals surface area contributed by atoms with Crippen molar-refractivity contribution in [2.24, 2.45) is 0 Å². The van der Waals surface area contributed by atoms with Gasteiger partial charge in [-0.2, -0.15) is 0 Å². The predicted octanol–water partition coefficient (Wildman–Crippen LogP) is 5.07. The summed E-state index contributed by atoms with van der Waals surface area (Å²) in [4.78, 5) is 25.6. The highest BCUT2D eigenvalue weighted by molar-refractivity contribution is 6.32. The number of aryl methyl sites for hydroxylation is 1. The van der Waals surface area contributed by atoms with Crippen molar-refractivity contribution in [3.8, 4) is 5.75 Å². The van der Waals surface area contributed by atoms with Gasteiger partial charge in [-0.3, -0.25) is 9.59 Å². The molecule has 0 bridgehead atoms. The van der Waals surface area contributed by atoms with E-state index in [1.165, 1.54) is 0 Å². The normalized spacial score (nSPS) is 11.0. The first-order valence-corrected chi connectivity index (χ1v) is 9.64. The van der Waals surface area contributed by atoms with Crippen LogP contribution in [0.15, 0.2) is 78.5 Å². The number of rotatable bonds is 6. The molecule has 3 aromatic rings. The number of ether oxygens (including phenoxy) is 1. The molecule has 0 fully saturated rings. The molecule has 30 heavy (non-hydrogen) atoms. The maximum absolute atomic E-state index is 12.9. The third-order valence-electron chi connectivity index (χ3n) is 4.36. The first-order valence-electron chi connectivity index (χ1n) is 9.26. The molecule has 0 heterocycles. The molecule has 2 amide bonds. The molecule has 6 heteroatoms. The van der Waals surface area contributed by atoms with Gasteiger partial charge in [-0.25, -0.2) is 0 Å². The average Bonchev–Trinajstić information content (AvgIpc) is 2.75. The minimum atomic E-state index is -0.472. The number of hydrogen-bond donors (Lipinski definition) is 2. The van der Waals surface area contributed by atoms with Gasteiger partial charge in [-0.05, 0) is 61.0 Å². The Labute approximate surface area is 180 Å². The standard InChI is InChI=1S/C24H21ClN2O3/c1-16-7-9-17(10-8-16)23(28)27-22(15-18-5-3-4-6-21(18)25)24(29)26-19-11-13-20(30-2)14-12-19/h3-15H,1-2H3,(H,26,29)(H,27,28)/b22-15-. The second-order valence-corrected chi connectivity index (χ2v) is 6.99. The van der Waals surface area contributed by atoms with Gasteiger partial charge >= 0.3 is 0 Å². The molecule has 0 aliphatic carbocycles. The molecule has 5 nitrogen and oxygen atoms in total. The molecule has 0 saturated carbocycles. The van der Waals surface area contributed by atoms with Crippen LogP contribution >= 0.6 is 11.6 Å². The van der Waals surface area contributed by atoms with Gasteiger partial charge in [0, 0.05) is 16.3 Å². The predicted molar refractivity (Wildman–Crippen MR) is 120 cm³/mol. The number of benzene rings is 3. The number of anilines is 1. The lowest BCUT2D eigenvalue weighted by atomic mass is 10.1. The van der Waals surface area contributed by atoms with Gasteiger partial charge in [0.15, 0.2) is 0 Å². The number of nitrogens with one attached hydrogen (secondary N) is 2. The first-order chi connectivity index (χ1) is 14.5. The van der Waals surface area contributed by atoms with Crippen LogP contribution in [0.1, 0.15) is 21.5 Å². The Kier molecular flexibility index (Phi) is 6.88. The average molecular weight is 421 g/mol. The van der Waals surface area contributed by atoms with Crippen molar-refractivity contribution in [1.82, 2.24) is 5.32 Å². The van der Waals surface area contributed by atoms with Gasteiger partial charge in [0.25, 0.3) is 11.8 Å². The smallest absolute Gasteiger partial charge is 0.272 e. The Hall–Kier alpha value is -3.57. The molecular formula is C24H21ClN2O3. The van der Waals surface area contributed by atoms with Crippen LogP contribution in [-0.2, 0) is 4.79 Å². The zero-order valence-electron chi connectivity index (χ0n) is 16.6. The summed E-state index contributed by atoms with van der Waals surface area (Å²) in [7, 11) is 1.57. The van der Waals surface area contributed by atoms with Gasteiger partial charge in [-0.15, -0.1) is 0 Å². The van der Waals surface area contributed by atoms with Crippen molar-refractivity contribution in [3.63, 3.8) is 0 Å². The minimum absolute atomic E-state index is 0.0736. The van der Waals surface area contributed by atoms with Crippen molar-refractivity contribution in [2.45, 2.75) is 6.92 Å². The molecule has 0 aliphatic heterocycles.